The van der Waals surface area contributed by atoms with E-state index in [0.29, 0.717) is 0 Å². The molecule has 0 aliphatic heterocycles. The fourth-order valence-electron chi connectivity index (χ4n) is 3.59. The van der Waals surface area contributed by atoms with E-state index in [1.807, 2.05) is 0 Å². The van der Waals surface area contributed by atoms with Gasteiger partial charge in [-0.05, 0) is 43.4 Å². The van der Waals surface area contributed by atoms with Crippen LogP contribution in [0.4, 0.5) is 0 Å². The van der Waals surface area contributed by atoms with Crippen LogP contribution in [0, 0.1) is 5.92 Å². The molecule has 2 rings (SSSR count). The minimum absolute atomic E-state index is 0.128. The molecule has 2 nitrogen and oxygen atoms in total. The number of likely N-dealkylation sites (N-methyl/N-ethyl adjacent to an activating group) is 1. The zero-order valence-electron chi connectivity index (χ0n) is 14.0. The Morgan fingerprint density at radius 2 is 1.95 bits per heavy atom. The molecule has 118 valence electrons. The predicted molar refractivity (Wildman–Crippen MR) is 91.4 cm³/mol. The lowest BCUT2D eigenvalue weighted by Crippen LogP contribution is -2.39. The van der Waals surface area contributed by atoms with Crippen LogP contribution in [0.1, 0.15) is 63.1 Å². The second-order valence-electron chi connectivity index (χ2n) is 6.96. The summed E-state index contributed by atoms with van der Waals surface area (Å²) in [6, 6.07) is 9.75. The Morgan fingerprint density at radius 3 is 2.57 bits per heavy atom. The molecule has 21 heavy (non-hydrogen) atoms. The van der Waals surface area contributed by atoms with Crippen LogP contribution >= 0.6 is 0 Å². The number of rotatable bonds is 6. The third kappa shape index (κ3) is 4.82. The molecule has 0 saturated heterocycles. The highest BCUT2D eigenvalue weighted by atomic mass is 15.1. The second kappa shape index (κ2) is 7.95. The average molecular weight is 288 g/mol. The highest BCUT2D eigenvalue weighted by Gasteiger charge is 2.23. The number of nitrogens with zero attached hydrogens (tertiary/aromatic N) is 1. The molecule has 0 aromatic heterocycles. The van der Waals surface area contributed by atoms with Crippen molar-refractivity contribution in [1.82, 2.24) is 4.90 Å². The van der Waals surface area contributed by atoms with E-state index < -0.39 is 0 Å². The zero-order valence-corrected chi connectivity index (χ0v) is 14.0. The normalized spacial score (nSPS) is 24.2. The summed E-state index contributed by atoms with van der Waals surface area (Å²) in [5.74, 6) is 0.871. The van der Waals surface area contributed by atoms with E-state index >= 15 is 0 Å². The van der Waals surface area contributed by atoms with Gasteiger partial charge in [0.15, 0.2) is 0 Å². The first-order chi connectivity index (χ1) is 10.1. The largest absolute Gasteiger partial charge is 0.323 e. The maximum Gasteiger partial charge on any atom is 0.0424 e. The summed E-state index contributed by atoms with van der Waals surface area (Å²) in [5.41, 5.74) is 9.11. The van der Waals surface area contributed by atoms with Crippen molar-refractivity contribution in [3.05, 3.63) is 35.4 Å². The zero-order chi connectivity index (χ0) is 15.2. The molecule has 3 atom stereocenters. The Morgan fingerprint density at radius 1 is 1.24 bits per heavy atom. The van der Waals surface area contributed by atoms with Gasteiger partial charge in [0.1, 0.15) is 0 Å². The van der Waals surface area contributed by atoms with E-state index in [4.69, 9.17) is 5.73 Å². The van der Waals surface area contributed by atoms with Crippen molar-refractivity contribution in [3.8, 4) is 0 Å². The molecule has 1 aromatic rings. The molecule has 1 aromatic carbocycles. The number of benzene rings is 1. The number of hydrogen-bond acceptors (Lipinski definition) is 2. The summed E-state index contributed by atoms with van der Waals surface area (Å²) in [6.45, 7) is 5.57. The summed E-state index contributed by atoms with van der Waals surface area (Å²) >= 11 is 0. The van der Waals surface area contributed by atoms with Gasteiger partial charge in [-0.3, -0.25) is 0 Å². The minimum Gasteiger partial charge on any atom is -0.323 e. The third-order valence-electron chi connectivity index (χ3n) is 4.96. The van der Waals surface area contributed by atoms with Crippen LogP contribution < -0.4 is 5.73 Å². The first-order valence-corrected chi connectivity index (χ1v) is 8.64. The molecular formula is C19H32N2. The van der Waals surface area contributed by atoms with Gasteiger partial charge in [0.2, 0.25) is 0 Å². The molecule has 0 bridgehead atoms. The molecule has 2 heteroatoms. The van der Waals surface area contributed by atoms with Crippen LogP contribution in [0.2, 0.25) is 0 Å². The molecule has 3 unspecified atom stereocenters. The van der Waals surface area contributed by atoms with E-state index in [2.05, 4.69) is 50.1 Å². The van der Waals surface area contributed by atoms with Crippen molar-refractivity contribution < 1.29 is 0 Å². The average Bonchev–Trinajstić information content (AvgIpc) is 2.48. The Hall–Kier alpha value is -0.860. The van der Waals surface area contributed by atoms with Crippen LogP contribution in [-0.4, -0.2) is 24.5 Å². The van der Waals surface area contributed by atoms with E-state index in [0.717, 1.165) is 24.9 Å². The number of nitrogens with two attached hydrogens (primary N) is 1. The highest BCUT2D eigenvalue weighted by Crippen LogP contribution is 2.27. The third-order valence-corrected chi connectivity index (χ3v) is 4.96. The lowest BCUT2D eigenvalue weighted by molar-refractivity contribution is 0.157. The maximum atomic E-state index is 6.42. The summed E-state index contributed by atoms with van der Waals surface area (Å²) in [5, 5.41) is 0. The monoisotopic (exact) mass is 288 g/mol. The highest BCUT2D eigenvalue weighted by molar-refractivity contribution is 5.25. The van der Waals surface area contributed by atoms with E-state index in [1.165, 1.54) is 43.2 Å². The molecule has 0 spiro atoms. The summed E-state index contributed by atoms with van der Waals surface area (Å²) in [4.78, 5) is 2.49. The van der Waals surface area contributed by atoms with Crippen molar-refractivity contribution >= 4 is 0 Å². The topological polar surface area (TPSA) is 29.3 Å². The van der Waals surface area contributed by atoms with Crippen LogP contribution in [0.5, 0.6) is 0 Å². The van der Waals surface area contributed by atoms with E-state index in [1.54, 1.807) is 0 Å². The van der Waals surface area contributed by atoms with Gasteiger partial charge < -0.3 is 10.6 Å². The summed E-state index contributed by atoms with van der Waals surface area (Å²) in [7, 11) is 2.24. The van der Waals surface area contributed by atoms with Crippen LogP contribution in [0.3, 0.4) is 0 Å². The molecule has 1 aliphatic rings. The SMILES string of the molecule is CCCc1ccc(C(N)CN(C)C2CCCC(C)C2)cc1. The Kier molecular flexibility index (Phi) is 6.25. The van der Waals surface area contributed by atoms with Gasteiger partial charge in [-0.1, -0.05) is 57.4 Å². The van der Waals surface area contributed by atoms with E-state index in [-0.39, 0.29) is 6.04 Å². The first-order valence-electron chi connectivity index (χ1n) is 8.64. The van der Waals surface area contributed by atoms with Crippen LogP contribution in [0.15, 0.2) is 24.3 Å². The molecule has 0 heterocycles. The maximum absolute atomic E-state index is 6.42. The first kappa shape index (κ1) is 16.5. The van der Waals surface area contributed by atoms with Gasteiger partial charge >= 0.3 is 0 Å². The van der Waals surface area contributed by atoms with Crippen molar-refractivity contribution in [2.45, 2.75) is 64.5 Å². The lowest BCUT2D eigenvalue weighted by Gasteiger charge is -2.35. The summed E-state index contributed by atoms with van der Waals surface area (Å²) < 4.78 is 0. The molecular weight excluding hydrogens is 256 g/mol. The smallest absolute Gasteiger partial charge is 0.0424 e. The van der Waals surface area contributed by atoms with Gasteiger partial charge in [0.05, 0.1) is 0 Å². The fourth-order valence-corrected chi connectivity index (χ4v) is 3.59. The fraction of sp³-hybridized carbons (Fsp3) is 0.684. The number of aryl methyl sites for hydroxylation is 1. The molecule has 1 saturated carbocycles. The van der Waals surface area contributed by atoms with Gasteiger partial charge in [-0.2, -0.15) is 0 Å². The molecule has 1 aliphatic carbocycles. The van der Waals surface area contributed by atoms with Crippen LogP contribution in [0.25, 0.3) is 0 Å². The van der Waals surface area contributed by atoms with Crippen LogP contribution in [-0.2, 0) is 6.42 Å². The Bertz CT molecular complexity index is 412. The van der Waals surface area contributed by atoms with Gasteiger partial charge in [-0.15, -0.1) is 0 Å². The van der Waals surface area contributed by atoms with Gasteiger partial charge in [0.25, 0.3) is 0 Å². The van der Waals surface area contributed by atoms with Gasteiger partial charge in [-0.25, -0.2) is 0 Å². The molecule has 1 fully saturated rings. The molecule has 0 radical (unpaired) electrons. The minimum atomic E-state index is 0.128. The lowest BCUT2D eigenvalue weighted by atomic mass is 9.86. The number of hydrogen-bond donors (Lipinski definition) is 1. The van der Waals surface area contributed by atoms with E-state index in [9.17, 15) is 0 Å². The summed E-state index contributed by atoms with van der Waals surface area (Å²) in [6.07, 6.45) is 7.80. The van der Waals surface area contributed by atoms with Crippen molar-refractivity contribution in [3.63, 3.8) is 0 Å². The second-order valence-corrected chi connectivity index (χ2v) is 6.96. The predicted octanol–water partition coefficient (Wildman–Crippen LogP) is 4.15. The Balaban J connectivity index is 1.89. The molecule has 2 N–H and O–H groups in total. The molecule has 0 amide bonds. The Labute approximate surface area is 130 Å². The van der Waals surface area contributed by atoms with Crippen molar-refractivity contribution in [2.75, 3.05) is 13.6 Å². The van der Waals surface area contributed by atoms with Crippen molar-refractivity contribution in [2.24, 2.45) is 11.7 Å². The quantitative estimate of drug-likeness (QED) is 0.852. The van der Waals surface area contributed by atoms with Gasteiger partial charge in [0, 0.05) is 18.6 Å². The standard InChI is InChI=1S/C19H32N2/c1-4-6-16-9-11-17(12-10-16)19(20)14-21(3)18-8-5-7-15(2)13-18/h9-12,15,18-19H,4-8,13-14,20H2,1-3H3. The van der Waals surface area contributed by atoms with Crippen molar-refractivity contribution in [1.29, 1.82) is 0 Å².